The zero-order valence-corrected chi connectivity index (χ0v) is 14.6. The molecule has 0 aliphatic carbocycles. The monoisotopic (exact) mass is 328 g/mol. The number of rotatable bonds is 4. The van der Waals surface area contributed by atoms with Gasteiger partial charge in [-0.15, -0.1) is 0 Å². The Bertz CT molecular complexity index is 890. The fourth-order valence-corrected chi connectivity index (χ4v) is 3.65. The van der Waals surface area contributed by atoms with Crippen molar-refractivity contribution in [2.24, 2.45) is 5.92 Å². The number of carboxylic acid groups (broad SMARTS) is 1. The van der Waals surface area contributed by atoms with Crippen molar-refractivity contribution in [2.45, 2.75) is 34.1 Å². The first-order valence-corrected chi connectivity index (χ1v) is 8.50. The van der Waals surface area contributed by atoms with Gasteiger partial charge in [0.05, 0.1) is 5.69 Å². The second-order valence-corrected chi connectivity index (χ2v) is 7.34. The molecule has 0 saturated heterocycles. The smallest absolute Gasteiger partial charge is 0.347 e. The number of aromatic carboxylic acids is 1. The van der Waals surface area contributed by atoms with E-state index in [2.05, 4.69) is 50.9 Å². The van der Waals surface area contributed by atoms with Gasteiger partial charge in [0.25, 0.3) is 0 Å². The van der Waals surface area contributed by atoms with Crippen LogP contribution in [0.4, 0.5) is 0 Å². The van der Waals surface area contributed by atoms with Gasteiger partial charge in [-0.2, -0.15) is 0 Å². The van der Waals surface area contributed by atoms with Crippen LogP contribution in [0.5, 0.6) is 0 Å². The fourth-order valence-electron chi connectivity index (χ4n) is 2.67. The van der Waals surface area contributed by atoms with Crippen LogP contribution in [0.1, 0.15) is 40.3 Å². The summed E-state index contributed by atoms with van der Waals surface area (Å²) in [5, 5.41) is 9.42. The number of fused-ring (bicyclic) bond motifs is 1. The first kappa shape index (κ1) is 15.7. The predicted octanol–water partition coefficient (Wildman–Crippen LogP) is 4.58. The second-order valence-electron chi connectivity index (χ2n) is 6.36. The molecule has 0 bridgehead atoms. The maximum absolute atomic E-state index is 11.5. The van der Waals surface area contributed by atoms with E-state index in [9.17, 15) is 9.90 Å². The first-order valence-electron chi connectivity index (χ1n) is 7.68. The van der Waals surface area contributed by atoms with E-state index in [1.54, 1.807) is 0 Å². The van der Waals surface area contributed by atoms with Gasteiger partial charge in [-0.25, -0.2) is 9.78 Å². The number of aryl methyl sites for hydroxylation is 2. The van der Waals surface area contributed by atoms with Crippen LogP contribution in [0.3, 0.4) is 0 Å². The summed E-state index contributed by atoms with van der Waals surface area (Å²) in [6.07, 6.45) is 2.68. The van der Waals surface area contributed by atoms with E-state index in [4.69, 9.17) is 0 Å². The molecule has 0 fully saturated rings. The van der Waals surface area contributed by atoms with Gasteiger partial charge in [0.1, 0.15) is 4.88 Å². The van der Waals surface area contributed by atoms with Crippen LogP contribution in [0, 0.1) is 19.8 Å². The maximum atomic E-state index is 11.5. The SMILES string of the molecule is Cc1ccc(-c2cn3c(CC(C)C)c(C(=O)O)sc3n2)cc1C. The van der Waals surface area contributed by atoms with Gasteiger partial charge < -0.3 is 5.11 Å². The number of carbonyl (C=O) groups is 1. The number of benzene rings is 1. The van der Waals surface area contributed by atoms with Crippen molar-refractivity contribution < 1.29 is 9.90 Å². The van der Waals surface area contributed by atoms with E-state index < -0.39 is 5.97 Å². The number of thiazole rings is 1. The van der Waals surface area contributed by atoms with Crippen LogP contribution < -0.4 is 0 Å². The summed E-state index contributed by atoms with van der Waals surface area (Å²) in [6.45, 7) is 8.36. The highest BCUT2D eigenvalue weighted by Gasteiger charge is 2.20. The van der Waals surface area contributed by atoms with Gasteiger partial charge in [-0.05, 0) is 43.4 Å². The molecule has 5 heteroatoms. The van der Waals surface area contributed by atoms with Crippen LogP contribution in [-0.2, 0) is 6.42 Å². The Morgan fingerprint density at radius 1 is 1.30 bits per heavy atom. The zero-order chi connectivity index (χ0) is 16.7. The van der Waals surface area contributed by atoms with Crippen molar-refractivity contribution in [3.05, 3.63) is 46.1 Å². The number of hydrogen-bond donors (Lipinski definition) is 1. The lowest BCUT2D eigenvalue weighted by atomic mass is 10.0. The van der Waals surface area contributed by atoms with Gasteiger partial charge in [-0.1, -0.05) is 37.3 Å². The van der Waals surface area contributed by atoms with Crippen molar-refractivity contribution in [2.75, 3.05) is 0 Å². The summed E-state index contributed by atoms with van der Waals surface area (Å²) in [6, 6.07) is 6.28. The lowest BCUT2D eigenvalue weighted by Crippen LogP contribution is -2.04. The third-order valence-electron chi connectivity index (χ3n) is 4.02. The fraction of sp³-hybridized carbons (Fsp3) is 0.333. The lowest BCUT2D eigenvalue weighted by molar-refractivity contribution is 0.0700. The van der Waals surface area contributed by atoms with E-state index in [0.29, 0.717) is 10.8 Å². The largest absolute Gasteiger partial charge is 0.477 e. The average molecular weight is 328 g/mol. The van der Waals surface area contributed by atoms with E-state index in [0.717, 1.165) is 28.3 Å². The van der Waals surface area contributed by atoms with Gasteiger partial charge in [0.2, 0.25) is 0 Å². The van der Waals surface area contributed by atoms with Gasteiger partial charge in [0, 0.05) is 17.5 Å². The molecule has 2 heterocycles. The Morgan fingerprint density at radius 2 is 2.04 bits per heavy atom. The van der Waals surface area contributed by atoms with Crippen LogP contribution in [0.15, 0.2) is 24.4 Å². The third-order valence-corrected chi connectivity index (χ3v) is 5.10. The van der Waals surface area contributed by atoms with Gasteiger partial charge in [0.15, 0.2) is 4.96 Å². The molecule has 0 saturated carbocycles. The highest BCUT2D eigenvalue weighted by atomic mass is 32.1. The summed E-state index contributed by atoms with van der Waals surface area (Å²) >= 11 is 1.25. The van der Waals surface area contributed by atoms with Gasteiger partial charge >= 0.3 is 5.97 Å². The summed E-state index contributed by atoms with van der Waals surface area (Å²) < 4.78 is 1.94. The van der Waals surface area contributed by atoms with Crippen LogP contribution in [-0.4, -0.2) is 20.5 Å². The zero-order valence-electron chi connectivity index (χ0n) is 13.8. The molecule has 0 unspecified atom stereocenters. The molecule has 120 valence electrons. The molecule has 1 aromatic carbocycles. The molecule has 0 aliphatic heterocycles. The Balaban J connectivity index is 2.13. The Kier molecular flexibility index (Phi) is 3.98. The Hall–Kier alpha value is -2.14. The Labute approximate surface area is 139 Å². The van der Waals surface area contributed by atoms with Crippen molar-refractivity contribution in [1.29, 1.82) is 0 Å². The highest BCUT2D eigenvalue weighted by Crippen LogP contribution is 2.29. The molecule has 2 aromatic heterocycles. The molecule has 0 spiro atoms. The normalized spacial score (nSPS) is 11.5. The number of aromatic nitrogens is 2. The molecule has 23 heavy (non-hydrogen) atoms. The van der Waals surface area contributed by atoms with E-state index in [1.165, 1.54) is 22.5 Å². The number of hydrogen-bond acceptors (Lipinski definition) is 3. The molecule has 3 aromatic rings. The number of nitrogens with zero attached hydrogens (tertiary/aromatic N) is 2. The molecule has 0 amide bonds. The van der Waals surface area contributed by atoms with Crippen LogP contribution in [0.2, 0.25) is 0 Å². The molecule has 1 N–H and O–H groups in total. The quantitative estimate of drug-likeness (QED) is 0.763. The standard InChI is InChI=1S/C18H20N2O2S/c1-10(2)7-15-16(17(21)22)23-18-19-14(9-20(15)18)13-6-5-11(3)12(4)8-13/h5-6,8-10H,7H2,1-4H3,(H,21,22). The van der Waals surface area contributed by atoms with Crippen molar-refractivity contribution >= 4 is 22.3 Å². The molecule has 0 aliphatic rings. The first-order chi connectivity index (χ1) is 10.9. The van der Waals surface area contributed by atoms with Crippen molar-refractivity contribution in [3.63, 3.8) is 0 Å². The van der Waals surface area contributed by atoms with E-state index >= 15 is 0 Å². The summed E-state index contributed by atoms with van der Waals surface area (Å²) in [5.74, 6) is -0.484. The maximum Gasteiger partial charge on any atom is 0.347 e. The van der Waals surface area contributed by atoms with E-state index in [-0.39, 0.29) is 0 Å². The van der Waals surface area contributed by atoms with Crippen LogP contribution >= 0.6 is 11.3 Å². The average Bonchev–Trinajstić information content (AvgIpc) is 3.01. The minimum absolute atomic E-state index is 0.387. The molecular weight excluding hydrogens is 308 g/mol. The van der Waals surface area contributed by atoms with E-state index in [1.807, 2.05) is 10.6 Å². The third kappa shape index (κ3) is 2.88. The molecular formula is C18H20N2O2S. The summed E-state index contributed by atoms with van der Waals surface area (Å²) in [5.41, 5.74) is 5.28. The highest BCUT2D eigenvalue weighted by molar-refractivity contribution is 7.19. The van der Waals surface area contributed by atoms with Crippen molar-refractivity contribution in [3.8, 4) is 11.3 Å². The molecule has 0 atom stereocenters. The molecule has 0 radical (unpaired) electrons. The summed E-state index contributed by atoms with van der Waals surface area (Å²) in [7, 11) is 0. The minimum atomic E-state index is -0.871. The van der Waals surface area contributed by atoms with Crippen LogP contribution in [0.25, 0.3) is 16.2 Å². The molecule has 4 nitrogen and oxygen atoms in total. The second kappa shape index (κ2) is 5.81. The van der Waals surface area contributed by atoms with Crippen molar-refractivity contribution in [1.82, 2.24) is 9.38 Å². The molecule has 3 rings (SSSR count). The van der Waals surface area contributed by atoms with Gasteiger partial charge in [-0.3, -0.25) is 4.40 Å². The topological polar surface area (TPSA) is 54.6 Å². The lowest BCUT2D eigenvalue weighted by Gasteiger charge is -2.05. The minimum Gasteiger partial charge on any atom is -0.477 e. The predicted molar refractivity (Wildman–Crippen MR) is 93.5 cm³/mol. The number of carboxylic acids is 1. The Morgan fingerprint density at radius 3 is 2.65 bits per heavy atom. The number of imidazole rings is 1. The summed E-state index contributed by atoms with van der Waals surface area (Å²) in [4.78, 5) is 17.3.